The number of hydrogen-bond acceptors (Lipinski definition) is 2. The van der Waals surface area contributed by atoms with E-state index in [1.807, 2.05) is 0 Å². The Morgan fingerprint density at radius 3 is 1.49 bits per heavy atom. The average Bonchev–Trinajstić information content (AvgIpc) is 3.32. The summed E-state index contributed by atoms with van der Waals surface area (Å²) in [5.74, 6) is 0.875. The summed E-state index contributed by atoms with van der Waals surface area (Å²) in [6.07, 6.45) is 4.79. The van der Waals surface area contributed by atoms with E-state index >= 15 is 0 Å². The molecule has 0 saturated carbocycles. The second-order valence-corrected chi connectivity index (χ2v) is 13.0. The lowest BCUT2D eigenvalue weighted by atomic mass is 9.72. The van der Waals surface area contributed by atoms with Crippen molar-refractivity contribution in [2.75, 3.05) is 9.80 Å². The van der Waals surface area contributed by atoms with Gasteiger partial charge in [0, 0.05) is 33.8 Å². The molecule has 0 bridgehead atoms. The molecule has 6 aromatic carbocycles. The molecular formula is C43H38N2. The van der Waals surface area contributed by atoms with E-state index in [2.05, 4.69) is 181 Å². The van der Waals surface area contributed by atoms with Gasteiger partial charge in [-0.1, -0.05) is 117 Å². The summed E-state index contributed by atoms with van der Waals surface area (Å²) < 4.78 is 0. The van der Waals surface area contributed by atoms with Crippen LogP contribution in [-0.2, 0) is 5.41 Å². The van der Waals surface area contributed by atoms with Crippen molar-refractivity contribution in [3.63, 3.8) is 0 Å². The molecule has 2 aliphatic carbocycles. The highest BCUT2D eigenvalue weighted by Gasteiger charge is 2.48. The van der Waals surface area contributed by atoms with E-state index in [4.69, 9.17) is 0 Å². The van der Waals surface area contributed by atoms with Crippen molar-refractivity contribution in [1.82, 2.24) is 0 Å². The Balaban J connectivity index is 1.30. The van der Waals surface area contributed by atoms with Crippen LogP contribution in [0.3, 0.4) is 0 Å². The van der Waals surface area contributed by atoms with E-state index in [0.717, 1.165) is 12.8 Å². The first-order valence-corrected chi connectivity index (χ1v) is 16.2. The predicted molar refractivity (Wildman–Crippen MR) is 190 cm³/mol. The Morgan fingerprint density at radius 2 is 0.978 bits per heavy atom. The summed E-state index contributed by atoms with van der Waals surface area (Å²) in [5, 5.41) is 2.70. The summed E-state index contributed by atoms with van der Waals surface area (Å²) >= 11 is 0. The van der Waals surface area contributed by atoms with E-state index in [1.54, 1.807) is 5.56 Å². The summed E-state index contributed by atoms with van der Waals surface area (Å²) in [4.78, 5) is 4.92. The van der Waals surface area contributed by atoms with Gasteiger partial charge in [-0.25, -0.2) is 0 Å². The van der Waals surface area contributed by atoms with E-state index in [1.165, 1.54) is 50.5 Å². The molecule has 2 unspecified atom stereocenters. The lowest BCUT2D eigenvalue weighted by Crippen LogP contribution is -2.30. The minimum Gasteiger partial charge on any atom is -0.315 e. The maximum atomic E-state index is 2.62. The molecular weight excluding hydrogens is 544 g/mol. The number of nitrogens with zero attached hydrogens (tertiary/aromatic N) is 2. The lowest BCUT2D eigenvalue weighted by molar-refractivity contribution is 0.342. The Hall–Kier alpha value is -5.08. The van der Waals surface area contributed by atoms with Crippen LogP contribution >= 0.6 is 0 Å². The monoisotopic (exact) mass is 582 g/mol. The number of rotatable bonds is 6. The molecule has 0 aromatic heterocycles. The van der Waals surface area contributed by atoms with Crippen molar-refractivity contribution < 1.29 is 0 Å². The second-order valence-electron chi connectivity index (χ2n) is 13.0. The molecule has 0 amide bonds. The van der Waals surface area contributed by atoms with Crippen LogP contribution in [0.4, 0.5) is 28.4 Å². The van der Waals surface area contributed by atoms with Gasteiger partial charge >= 0.3 is 0 Å². The number of para-hydroxylation sites is 4. The van der Waals surface area contributed by atoms with Crippen LogP contribution in [-0.4, -0.2) is 0 Å². The normalized spacial score (nSPS) is 18.1. The number of benzene rings is 6. The minimum atomic E-state index is -0.0391. The molecule has 220 valence electrons. The largest absolute Gasteiger partial charge is 0.315 e. The minimum absolute atomic E-state index is 0.0391. The van der Waals surface area contributed by atoms with Gasteiger partial charge < -0.3 is 9.80 Å². The highest BCUT2D eigenvalue weighted by atomic mass is 15.2. The molecule has 0 aliphatic heterocycles. The van der Waals surface area contributed by atoms with Crippen molar-refractivity contribution >= 4 is 39.2 Å². The Kier molecular flexibility index (Phi) is 6.79. The first kappa shape index (κ1) is 27.5. The fourth-order valence-electron chi connectivity index (χ4n) is 8.00. The second kappa shape index (κ2) is 11.1. The van der Waals surface area contributed by atoms with Gasteiger partial charge in [-0.15, -0.1) is 0 Å². The SMILES string of the molecule is CC1(C)c2cc(N(c3ccccc3)c3ccccc3)c3ccccc3c2C2CCC(N(c3ccccc3)c3ccccc3)=CC21. The molecule has 2 nitrogen and oxygen atoms in total. The third-order valence-corrected chi connectivity index (χ3v) is 10.1. The molecule has 0 fully saturated rings. The molecule has 0 spiro atoms. The van der Waals surface area contributed by atoms with Crippen molar-refractivity contribution in [2.24, 2.45) is 5.92 Å². The topological polar surface area (TPSA) is 6.48 Å². The van der Waals surface area contributed by atoms with Crippen LogP contribution in [0.25, 0.3) is 10.8 Å². The Bertz CT molecular complexity index is 1900. The Labute approximate surface area is 266 Å². The zero-order chi connectivity index (χ0) is 30.4. The number of allylic oxidation sites excluding steroid dienone is 2. The molecule has 2 atom stereocenters. The van der Waals surface area contributed by atoms with Crippen molar-refractivity contribution in [3.05, 3.63) is 175 Å². The van der Waals surface area contributed by atoms with E-state index in [0.29, 0.717) is 11.8 Å². The van der Waals surface area contributed by atoms with E-state index in [-0.39, 0.29) is 5.41 Å². The van der Waals surface area contributed by atoms with Crippen LogP contribution in [0.1, 0.15) is 43.7 Å². The predicted octanol–water partition coefficient (Wildman–Crippen LogP) is 11.8. The van der Waals surface area contributed by atoms with E-state index in [9.17, 15) is 0 Å². The van der Waals surface area contributed by atoms with Gasteiger partial charge in [-0.2, -0.15) is 0 Å². The van der Waals surface area contributed by atoms with Gasteiger partial charge in [0.2, 0.25) is 0 Å². The van der Waals surface area contributed by atoms with Crippen LogP contribution in [0.15, 0.2) is 163 Å². The third kappa shape index (κ3) is 4.64. The molecule has 45 heavy (non-hydrogen) atoms. The highest BCUT2D eigenvalue weighted by Crippen LogP contribution is 2.59. The van der Waals surface area contributed by atoms with Crippen molar-refractivity contribution in [2.45, 2.75) is 38.0 Å². The van der Waals surface area contributed by atoms with Crippen LogP contribution in [0.5, 0.6) is 0 Å². The molecule has 0 radical (unpaired) electrons. The number of hydrogen-bond donors (Lipinski definition) is 0. The quantitative estimate of drug-likeness (QED) is 0.193. The van der Waals surface area contributed by atoms with Crippen LogP contribution < -0.4 is 9.80 Å². The fourth-order valence-corrected chi connectivity index (χ4v) is 8.00. The zero-order valence-electron chi connectivity index (χ0n) is 26.0. The lowest BCUT2D eigenvalue weighted by Gasteiger charge is -2.37. The first-order valence-electron chi connectivity index (χ1n) is 16.2. The average molecular weight is 583 g/mol. The van der Waals surface area contributed by atoms with Gasteiger partial charge in [0.25, 0.3) is 0 Å². The van der Waals surface area contributed by atoms with Crippen molar-refractivity contribution in [1.29, 1.82) is 0 Å². The van der Waals surface area contributed by atoms with Crippen molar-refractivity contribution in [3.8, 4) is 0 Å². The summed E-state index contributed by atoms with van der Waals surface area (Å²) in [5.41, 5.74) is 10.4. The smallest absolute Gasteiger partial charge is 0.0543 e. The molecule has 8 rings (SSSR count). The summed E-state index contributed by atoms with van der Waals surface area (Å²) in [6, 6.07) is 54.9. The highest BCUT2D eigenvalue weighted by molar-refractivity contribution is 6.02. The fraction of sp³-hybridized carbons (Fsp3) is 0.163. The van der Waals surface area contributed by atoms with Gasteiger partial charge in [0.1, 0.15) is 0 Å². The van der Waals surface area contributed by atoms with Gasteiger partial charge in [-0.05, 0) is 101 Å². The maximum Gasteiger partial charge on any atom is 0.0543 e. The summed E-state index contributed by atoms with van der Waals surface area (Å²) in [7, 11) is 0. The maximum absolute atomic E-state index is 2.62. The number of anilines is 5. The van der Waals surface area contributed by atoms with E-state index < -0.39 is 0 Å². The third-order valence-electron chi connectivity index (χ3n) is 10.1. The van der Waals surface area contributed by atoms with Gasteiger partial charge in [0.15, 0.2) is 0 Å². The molecule has 0 N–H and O–H groups in total. The first-order chi connectivity index (χ1) is 22.1. The Morgan fingerprint density at radius 1 is 0.533 bits per heavy atom. The van der Waals surface area contributed by atoms with Gasteiger partial charge in [-0.3, -0.25) is 0 Å². The van der Waals surface area contributed by atoms with Crippen LogP contribution in [0, 0.1) is 5.92 Å². The zero-order valence-corrected chi connectivity index (χ0v) is 26.0. The summed E-state index contributed by atoms with van der Waals surface area (Å²) in [6.45, 7) is 4.94. The molecule has 6 aromatic rings. The molecule has 0 saturated heterocycles. The molecule has 0 heterocycles. The molecule has 2 heteroatoms. The standard InChI is InChI=1S/C43H38N2/c1-43(2)39-29-35(44(31-17-7-3-8-18-31)32-19-9-4-10-20-32)27-28-38(39)42-37-26-16-15-25-36(37)41(30-40(42)43)45(33-21-11-5-12-22-33)34-23-13-6-14-24-34/h3-26,29-30,38-39H,27-28H2,1-2H3. The number of fused-ring (bicyclic) bond motifs is 5. The van der Waals surface area contributed by atoms with Gasteiger partial charge in [0.05, 0.1) is 5.69 Å². The molecule has 2 aliphatic rings. The van der Waals surface area contributed by atoms with Crippen LogP contribution in [0.2, 0.25) is 0 Å².